The number of allylic oxidation sites excluding steroid dienone is 1. The number of Topliss-reactive ketones (excluding diaryl/α,β-unsaturated/α-hetero) is 1. The van der Waals surface area contributed by atoms with Crippen molar-refractivity contribution in [3.8, 4) is 0 Å². The van der Waals surface area contributed by atoms with E-state index in [4.69, 9.17) is 4.74 Å². The van der Waals surface area contributed by atoms with Crippen LogP contribution >= 0.6 is 23.5 Å². The second-order valence-corrected chi connectivity index (χ2v) is 10.2. The molecule has 0 N–H and O–H groups in total. The molecule has 2 fully saturated rings. The maximum atomic E-state index is 13.0. The normalized spacial score (nSPS) is 31.3. The summed E-state index contributed by atoms with van der Waals surface area (Å²) in [5, 5.41) is 0. The van der Waals surface area contributed by atoms with E-state index < -0.39 is 15.6 Å². The van der Waals surface area contributed by atoms with Gasteiger partial charge in [-0.15, -0.1) is 23.5 Å². The van der Waals surface area contributed by atoms with E-state index in [1.807, 2.05) is 34.6 Å². The standard InChI is InChI=1S/C17H26O3S2/c1-10(2)13-12(15(19)20-16(4,5)6)11(3)14(18)17(13)21-8-7-9-22-17/h11-13H,1,7-9H2,2-6H3/t11-,12-,13+/m1/s1. The molecular formula is C17H26O3S2. The molecule has 1 heterocycles. The predicted molar refractivity (Wildman–Crippen MR) is 94.1 cm³/mol. The van der Waals surface area contributed by atoms with Gasteiger partial charge in [-0.05, 0) is 45.6 Å². The van der Waals surface area contributed by atoms with Crippen LogP contribution in [0.4, 0.5) is 0 Å². The summed E-state index contributed by atoms with van der Waals surface area (Å²) < 4.78 is 5.07. The topological polar surface area (TPSA) is 43.4 Å². The van der Waals surface area contributed by atoms with Crippen LogP contribution in [0.5, 0.6) is 0 Å². The SMILES string of the molecule is C=C(C)[C@H]1[C@H](C(=O)OC(C)(C)C)[C@@H](C)C(=O)C12SCCCS2. The van der Waals surface area contributed by atoms with E-state index in [1.54, 1.807) is 23.5 Å². The van der Waals surface area contributed by atoms with E-state index in [0.29, 0.717) is 0 Å². The lowest BCUT2D eigenvalue weighted by atomic mass is 9.86. The molecule has 0 aromatic heterocycles. The molecular weight excluding hydrogens is 316 g/mol. The quantitative estimate of drug-likeness (QED) is 0.562. The number of carbonyl (C=O) groups is 2. The van der Waals surface area contributed by atoms with Gasteiger partial charge in [-0.3, -0.25) is 9.59 Å². The number of hydrogen-bond donors (Lipinski definition) is 0. The highest BCUT2D eigenvalue weighted by Gasteiger charge is 2.62. The molecule has 0 radical (unpaired) electrons. The molecule has 0 amide bonds. The molecule has 5 heteroatoms. The summed E-state index contributed by atoms with van der Waals surface area (Å²) in [5.74, 6) is 1.00. The van der Waals surface area contributed by atoms with Gasteiger partial charge < -0.3 is 4.74 Å². The summed E-state index contributed by atoms with van der Waals surface area (Å²) in [5.41, 5.74) is 0.373. The van der Waals surface area contributed by atoms with E-state index in [0.717, 1.165) is 23.5 Å². The van der Waals surface area contributed by atoms with Crippen LogP contribution in [0.3, 0.4) is 0 Å². The molecule has 1 aliphatic heterocycles. The number of ether oxygens (including phenoxy) is 1. The van der Waals surface area contributed by atoms with Crippen LogP contribution in [0, 0.1) is 17.8 Å². The summed E-state index contributed by atoms with van der Waals surface area (Å²) in [6.45, 7) is 13.5. The van der Waals surface area contributed by atoms with Gasteiger partial charge in [-0.25, -0.2) is 0 Å². The molecule has 1 saturated carbocycles. The van der Waals surface area contributed by atoms with E-state index in [-0.39, 0.29) is 23.6 Å². The zero-order valence-corrected chi connectivity index (χ0v) is 15.7. The summed E-state index contributed by atoms with van der Waals surface area (Å²) in [6.07, 6.45) is 1.11. The Morgan fingerprint density at radius 1 is 1.32 bits per heavy atom. The first kappa shape index (κ1) is 17.9. The molecule has 1 saturated heterocycles. The third-order valence-electron chi connectivity index (χ3n) is 4.20. The highest BCUT2D eigenvalue weighted by molar-refractivity contribution is 8.20. The van der Waals surface area contributed by atoms with E-state index in [1.165, 1.54) is 0 Å². The van der Waals surface area contributed by atoms with Gasteiger partial charge in [0.15, 0.2) is 5.78 Å². The maximum Gasteiger partial charge on any atom is 0.310 e. The van der Waals surface area contributed by atoms with Gasteiger partial charge in [0.2, 0.25) is 0 Å². The zero-order valence-electron chi connectivity index (χ0n) is 14.1. The Balaban J connectivity index is 2.39. The van der Waals surface area contributed by atoms with Crippen LogP contribution in [0.2, 0.25) is 0 Å². The van der Waals surface area contributed by atoms with Gasteiger partial charge in [-0.2, -0.15) is 0 Å². The minimum absolute atomic E-state index is 0.139. The largest absolute Gasteiger partial charge is 0.460 e. The predicted octanol–water partition coefficient (Wildman–Crippen LogP) is 3.92. The Hall–Kier alpha value is -0.420. The summed E-state index contributed by atoms with van der Waals surface area (Å²) in [7, 11) is 0. The molecule has 1 aliphatic carbocycles. The Bertz CT molecular complexity index is 487. The number of ketones is 1. The molecule has 2 rings (SSSR count). The van der Waals surface area contributed by atoms with Gasteiger partial charge in [0.25, 0.3) is 0 Å². The first-order chi connectivity index (χ1) is 10.1. The number of carbonyl (C=O) groups excluding carboxylic acids is 2. The van der Waals surface area contributed by atoms with Crippen molar-refractivity contribution >= 4 is 35.3 Å². The minimum atomic E-state index is -0.540. The van der Waals surface area contributed by atoms with Gasteiger partial charge in [0, 0.05) is 11.8 Å². The van der Waals surface area contributed by atoms with Gasteiger partial charge >= 0.3 is 5.97 Å². The number of rotatable bonds is 2. The monoisotopic (exact) mass is 342 g/mol. The fourth-order valence-corrected chi connectivity index (χ4v) is 7.28. The summed E-state index contributed by atoms with van der Waals surface area (Å²) in [4.78, 5) is 25.7. The van der Waals surface area contributed by atoms with Gasteiger partial charge in [-0.1, -0.05) is 19.1 Å². The highest BCUT2D eigenvalue weighted by atomic mass is 32.2. The Morgan fingerprint density at radius 3 is 2.32 bits per heavy atom. The second-order valence-electron chi connectivity index (χ2n) is 7.25. The Morgan fingerprint density at radius 2 is 1.86 bits per heavy atom. The lowest BCUT2D eigenvalue weighted by Gasteiger charge is -2.38. The smallest absolute Gasteiger partial charge is 0.310 e. The Labute approximate surface area is 142 Å². The van der Waals surface area contributed by atoms with Crippen molar-refractivity contribution in [2.45, 2.75) is 50.7 Å². The van der Waals surface area contributed by atoms with Crippen molar-refractivity contribution in [2.24, 2.45) is 17.8 Å². The third-order valence-corrected chi connectivity index (χ3v) is 7.66. The number of hydrogen-bond acceptors (Lipinski definition) is 5. The molecule has 0 bridgehead atoms. The molecule has 0 aromatic carbocycles. The van der Waals surface area contributed by atoms with Gasteiger partial charge in [0.1, 0.15) is 9.68 Å². The first-order valence-corrected chi connectivity index (χ1v) is 9.78. The minimum Gasteiger partial charge on any atom is -0.460 e. The highest BCUT2D eigenvalue weighted by Crippen LogP contribution is 2.60. The van der Waals surface area contributed by atoms with Crippen LogP contribution in [-0.2, 0) is 14.3 Å². The van der Waals surface area contributed by atoms with Crippen molar-refractivity contribution in [1.82, 2.24) is 0 Å². The third kappa shape index (κ3) is 3.12. The molecule has 1 spiro atoms. The first-order valence-electron chi connectivity index (χ1n) is 7.80. The fourth-order valence-electron chi connectivity index (χ4n) is 3.37. The van der Waals surface area contributed by atoms with Crippen LogP contribution in [0.15, 0.2) is 12.2 Å². The van der Waals surface area contributed by atoms with Crippen molar-refractivity contribution in [3.63, 3.8) is 0 Å². The fraction of sp³-hybridized carbons (Fsp3) is 0.765. The van der Waals surface area contributed by atoms with Crippen LogP contribution in [0.25, 0.3) is 0 Å². The van der Waals surface area contributed by atoms with E-state index >= 15 is 0 Å². The average Bonchev–Trinajstić information content (AvgIpc) is 2.60. The molecule has 2 aliphatic rings. The molecule has 3 atom stereocenters. The van der Waals surface area contributed by atoms with Crippen LogP contribution in [-0.4, -0.2) is 32.9 Å². The van der Waals surface area contributed by atoms with E-state index in [9.17, 15) is 9.59 Å². The lowest BCUT2D eigenvalue weighted by Crippen LogP contribution is -2.40. The summed E-state index contributed by atoms with van der Waals surface area (Å²) in [6, 6.07) is 0. The second kappa shape index (κ2) is 6.23. The summed E-state index contributed by atoms with van der Waals surface area (Å²) >= 11 is 3.41. The van der Waals surface area contributed by atoms with Crippen LogP contribution in [0.1, 0.15) is 41.0 Å². The van der Waals surface area contributed by atoms with Gasteiger partial charge in [0.05, 0.1) is 5.92 Å². The average molecular weight is 343 g/mol. The van der Waals surface area contributed by atoms with Crippen molar-refractivity contribution in [3.05, 3.63) is 12.2 Å². The molecule has 3 nitrogen and oxygen atoms in total. The maximum absolute atomic E-state index is 13.0. The zero-order chi connectivity index (χ0) is 16.7. The molecule has 22 heavy (non-hydrogen) atoms. The number of esters is 1. The van der Waals surface area contributed by atoms with Crippen LogP contribution < -0.4 is 0 Å². The van der Waals surface area contributed by atoms with Crippen molar-refractivity contribution < 1.29 is 14.3 Å². The lowest BCUT2D eigenvalue weighted by molar-refractivity contribution is -0.162. The van der Waals surface area contributed by atoms with Crippen molar-refractivity contribution in [1.29, 1.82) is 0 Å². The van der Waals surface area contributed by atoms with Crippen molar-refractivity contribution in [2.75, 3.05) is 11.5 Å². The molecule has 0 aromatic rings. The van der Waals surface area contributed by atoms with E-state index in [2.05, 4.69) is 6.58 Å². The Kier molecular flexibility index (Phi) is 5.08. The molecule has 124 valence electrons. The number of thioether (sulfide) groups is 2. The molecule has 0 unspecified atom stereocenters.